The van der Waals surface area contributed by atoms with Crippen molar-refractivity contribution in [3.8, 4) is 0 Å². The number of amides is 1. The smallest absolute Gasteiger partial charge is 0.251 e. The fourth-order valence-electron chi connectivity index (χ4n) is 1.82. The summed E-state index contributed by atoms with van der Waals surface area (Å²) in [6.07, 6.45) is 0. The molecular weight excluding hydrogens is 221 g/mol. The van der Waals surface area contributed by atoms with Crippen LogP contribution in [0.4, 0.5) is 4.39 Å². The molecule has 0 unspecified atom stereocenters. The molecule has 3 nitrogen and oxygen atoms in total. The van der Waals surface area contributed by atoms with Crippen molar-refractivity contribution >= 4 is 5.91 Å². The third-order valence-corrected chi connectivity index (χ3v) is 3.01. The van der Waals surface area contributed by atoms with Crippen LogP contribution < -0.4 is 5.32 Å². The second kappa shape index (κ2) is 4.45. The summed E-state index contributed by atoms with van der Waals surface area (Å²) in [6, 6.07) is 4.18. The van der Waals surface area contributed by atoms with Gasteiger partial charge in [0.1, 0.15) is 5.82 Å². The average molecular weight is 237 g/mol. The van der Waals surface area contributed by atoms with Gasteiger partial charge in [0.2, 0.25) is 0 Å². The van der Waals surface area contributed by atoms with Crippen molar-refractivity contribution in [2.24, 2.45) is 5.41 Å². The second-order valence-electron chi connectivity index (χ2n) is 4.95. The van der Waals surface area contributed by atoms with E-state index in [1.165, 1.54) is 18.2 Å². The molecule has 1 fully saturated rings. The zero-order valence-electron chi connectivity index (χ0n) is 10.0. The molecule has 0 radical (unpaired) electrons. The highest BCUT2D eigenvalue weighted by molar-refractivity contribution is 5.95. The van der Waals surface area contributed by atoms with Gasteiger partial charge in [0, 0.05) is 17.5 Å². The molecule has 1 heterocycles. The van der Waals surface area contributed by atoms with Gasteiger partial charge < -0.3 is 10.1 Å². The molecule has 17 heavy (non-hydrogen) atoms. The molecule has 4 heteroatoms. The van der Waals surface area contributed by atoms with E-state index in [0.29, 0.717) is 30.9 Å². The van der Waals surface area contributed by atoms with Crippen molar-refractivity contribution in [2.75, 3.05) is 19.8 Å². The number of nitrogens with one attached hydrogen (secondary N) is 1. The molecule has 0 atom stereocenters. The number of ether oxygens (including phenoxy) is 1. The maximum atomic E-state index is 12.9. The van der Waals surface area contributed by atoms with Gasteiger partial charge >= 0.3 is 0 Å². The molecule has 2 rings (SSSR count). The van der Waals surface area contributed by atoms with Crippen LogP contribution >= 0.6 is 0 Å². The normalized spacial score (nSPS) is 17.4. The molecule has 1 aromatic carbocycles. The number of carbonyl (C=O) groups is 1. The molecule has 0 bridgehead atoms. The minimum atomic E-state index is -0.321. The fourth-order valence-corrected chi connectivity index (χ4v) is 1.82. The van der Waals surface area contributed by atoms with E-state index >= 15 is 0 Å². The van der Waals surface area contributed by atoms with Crippen LogP contribution in [0, 0.1) is 18.2 Å². The lowest BCUT2D eigenvalue weighted by molar-refractivity contribution is -0.0978. The van der Waals surface area contributed by atoms with E-state index in [9.17, 15) is 9.18 Å². The number of hydrogen-bond acceptors (Lipinski definition) is 2. The SMILES string of the molecule is Cc1cc(F)ccc1C(=O)NCC1(C)COC1. The van der Waals surface area contributed by atoms with Crippen LogP contribution in [0.5, 0.6) is 0 Å². The molecule has 0 aromatic heterocycles. The summed E-state index contributed by atoms with van der Waals surface area (Å²) in [4.78, 5) is 11.9. The van der Waals surface area contributed by atoms with E-state index in [2.05, 4.69) is 12.2 Å². The summed E-state index contributed by atoms with van der Waals surface area (Å²) in [5.41, 5.74) is 1.22. The lowest BCUT2D eigenvalue weighted by atomic mass is 9.88. The first-order valence-corrected chi connectivity index (χ1v) is 5.62. The summed E-state index contributed by atoms with van der Waals surface area (Å²) < 4.78 is 18.0. The molecule has 92 valence electrons. The largest absolute Gasteiger partial charge is 0.380 e. The van der Waals surface area contributed by atoms with Crippen molar-refractivity contribution < 1.29 is 13.9 Å². The second-order valence-corrected chi connectivity index (χ2v) is 4.95. The molecule has 1 amide bonds. The number of halogens is 1. The topological polar surface area (TPSA) is 38.3 Å². The van der Waals surface area contributed by atoms with Crippen molar-refractivity contribution in [1.29, 1.82) is 0 Å². The van der Waals surface area contributed by atoms with Crippen molar-refractivity contribution in [1.82, 2.24) is 5.32 Å². The summed E-state index contributed by atoms with van der Waals surface area (Å²) in [5.74, 6) is -0.478. The Kier molecular flexibility index (Phi) is 3.15. The van der Waals surface area contributed by atoms with Crippen molar-refractivity contribution in [2.45, 2.75) is 13.8 Å². The molecular formula is C13H16FNO2. The Hall–Kier alpha value is -1.42. The van der Waals surface area contributed by atoms with E-state index in [1.54, 1.807) is 6.92 Å². The fraction of sp³-hybridized carbons (Fsp3) is 0.462. The molecule has 1 N–H and O–H groups in total. The van der Waals surface area contributed by atoms with E-state index in [0.717, 1.165) is 0 Å². The quantitative estimate of drug-likeness (QED) is 0.872. The minimum absolute atomic E-state index is 0.0452. The minimum Gasteiger partial charge on any atom is -0.380 e. The van der Waals surface area contributed by atoms with Gasteiger partial charge in [-0.05, 0) is 30.7 Å². The monoisotopic (exact) mass is 237 g/mol. The summed E-state index contributed by atoms with van der Waals surface area (Å²) in [6.45, 7) is 5.73. The third-order valence-electron chi connectivity index (χ3n) is 3.01. The van der Waals surface area contributed by atoms with E-state index in [4.69, 9.17) is 4.74 Å². The first-order chi connectivity index (χ1) is 8.00. The highest BCUT2D eigenvalue weighted by Gasteiger charge is 2.33. The van der Waals surface area contributed by atoms with Crippen LogP contribution in [0.15, 0.2) is 18.2 Å². The van der Waals surface area contributed by atoms with E-state index in [-0.39, 0.29) is 17.1 Å². The van der Waals surface area contributed by atoms with Gasteiger partial charge in [0.05, 0.1) is 13.2 Å². The van der Waals surface area contributed by atoms with Crippen LogP contribution in [0.25, 0.3) is 0 Å². The highest BCUT2D eigenvalue weighted by atomic mass is 19.1. The number of benzene rings is 1. The molecule has 1 aromatic rings. The predicted octanol–water partition coefficient (Wildman–Crippen LogP) is 1.90. The predicted molar refractivity (Wildman–Crippen MR) is 62.4 cm³/mol. The Morgan fingerprint density at radius 3 is 2.76 bits per heavy atom. The first-order valence-electron chi connectivity index (χ1n) is 5.62. The molecule has 1 aliphatic heterocycles. The van der Waals surface area contributed by atoms with Crippen LogP contribution in [0.2, 0.25) is 0 Å². The van der Waals surface area contributed by atoms with Gasteiger partial charge in [-0.3, -0.25) is 4.79 Å². The standard InChI is InChI=1S/C13H16FNO2/c1-9-5-10(14)3-4-11(9)12(16)15-6-13(2)7-17-8-13/h3-5H,6-8H2,1-2H3,(H,15,16). The summed E-state index contributed by atoms with van der Waals surface area (Å²) in [5, 5.41) is 2.86. The van der Waals surface area contributed by atoms with Crippen LogP contribution in [0.1, 0.15) is 22.8 Å². The van der Waals surface area contributed by atoms with E-state index in [1.807, 2.05) is 0 Å². The Morgan fingerprint density at radius 2 is 2.24 bits per heavy atom. The Bertz CT molecular complexity index is 441. The van der Waals surface area contributed by atoms with Gasteiger partial charge in [-0.2, -0.15) is 0 Å². The van der Waals surface area contributed by atoms with Gasteiger partial charge in [-0.1, -0.05) is 6.92 Å². The zero-order valence-corrected chi connectivity index (χ0v) is 10.0. The lowest BCUT2D eigenvalue weighted by Crippen LogP contribution is -2.48. The molecule has 0 spiro atoms. The summed E-state index contributed by atoms with van der Waals surface area (Å²) in [7, 11) is 0. The highest BCUT2D eigenvalue weighted by Crippen LogP contribution is 2.25. The van der Waals surface area contributed by atoms with Crippen LogP contribution in [0.3, 0.4) is 0 Å². The third kappa shape index (κ3) is 2.64. The van der Waals surface area contributed by atoms with Crippen LogP contribution in [-0.4, -0.2) is 25.7 Å². The lowest BCUT2D eigenvalue weighted by Gasteiger charge is -2.38. The zero-order chi connectivity index (χ0) is 12.5. The Morgan fingerprint density at radius 1 is 1.53 bits per heavy atom. The van der Waals surface area contributed by atoms with Gasteiger partial charge in [-0.15, -0.1) is 0 Å². The number of rotatable bonds is 3. The van der Waals surface area contributed by atoms with Gasteiger partial charge in [-0.25, -0.2) is 4.39 Å². The first kappa shape index (κ1) is 12.0. The van der Waals surface area contributed by atoms with Crippen molar-refractivity contribution in [3.63, 3.8) is 0 Å². The van der Waals surface area contributed by atoms with Crippen molar-refractivity contribution in [3.05, 3.63) is 35.1 Å². The molecule has 1 aliphatic rings. The Labute approximate surface area is 100.0 Å². The number of carbonyl (C=O) groups excluding carboxylic acids is 1. The number of hydrogen-bond donors (Lipinski definition) is 1. The average Bonchev–Trinajstić information content (AvgIpc) is 2.23. The summed E-state index contributed by atoms with van der Waals surface area (Å²) >= 11 is 0. The number of aryl methyl sites for hydroxylation is 1. The van der Waals surface area contributed by atoms with E-state index < -0.39 is 0 Å². The molecule has 1 saturated heterocycles. The maximum absolute atomic E-state index is 12.9. The molecule has 0 aliphatic carbocycles. The van der Waals surface area contributed by atoms with Gasteiger partial charge in [0.25, 0.3) is 5.91 Å². The van der Waals surface area contributed by atoms with Crippen LogP contribution in [-0.2, 0) is 4.74 Å². The van der Waals surface area contributed by atoms with Gasteiger partial charge in [0.15, 0.2) is 0 Å². The maximum Gasteiger partial charge on any atom is 0.251 e. The Balaban J connectivity index is 1.99. The molecule has 0 saturated carbocycles.